The Kier molecular flexibility index (Phi) is 5.07. The lowest BCUT2D eigenvalue weighted by molar-refractivity contribution is 0.360. The summed E-state index contributed by atoms with van der Waals surface area (Å²) in [6, 6.07) is 7.63. The van der Waals surface area contributed by atoms with Gasteiger partial charge in [0, 0.05) is 18.6 Å². The highest BCUT2D eigenvalue weighted by Crippen LogP contribution is 2.33. The van der Waals surface area contributed by atoms with Crippen LogP contribution in [0.25, 0.3) is 0 Å². The maximum atomic E-state index is 12.9. The highest BCUT2D eigenvalue weighted by Gasteiger charge is 2.38. The van der Waals surface area contributed by atoms with Crippen molar-refractivity contribution in [3.05, 3.63) is 29.8 Å². The third kappa shape index (κ3) is 3.84. The topological polar surface area (TPSA) is 49.4 Å². The predicted molar refractivity (Wildman–Crippen MR) is 85.7 cm³/mol. The van der Waals surface area contributed by atoms with Gasteiger partial charge in [0.15, 0.2) is 0 Å². The largest absolute Gasteiger partial charge is 0.313 e. The van der Waals surface area contributed by atoms with Crippen LogP contribution in [0.2, 0.25) is 0 Å². The summed E-state index contributed by atoms with van der Waals surface area (Å²) < 4.78 is 27.5. The van der Waals surface area contributed by atoms with Crippen molar-refractivity contribution in [2.45, 2.75) is 50.6 Å². The number of nitrogens with one attached hydrogen (secondary N) is 1. The van der Waals surface area contributed by atoms with Crippen molar-refractivity contribution in [2.24, 2.45) is 5.92 Å². The Bertz CT molecular complexity index is 580. The van der Waals surface area contributed by atoms with E-state index in [1.54, 1.807) is 16.4 Å². The van der Waals surface area contributed by atoms with Gasteiger partial charge in [-0.1, -0.05) is 26.0 Å². The minimum atomic E-state index is -3.39. The zero-order valence-corrected chi connectivity index (χ0v) is 14.2. The molecule has 5 heteroatoms. The van der Waals surface area contributed by atoms with Gasteiger partial charge in [0.05, 0.1) is 4.90 Å². The zero-order chi connectivity index (χ0) is 15.6. The summed E-state index contributed by atoms with van der Waals surface area (Å²) >= 11 is 0. The van der Waals surface area contributed by atoms with Crippen molar-refractivity contribution >= 4 is 10.0 Å². The van der Waals surface area contributed by atoms with Crippen LogP contribution in [0.4, 0.5) is 0 Å². The van der Waals surface area contributed by atoms with Crippen molar-refractivity contribution < 1.29 is 8.42 Å². The average molecular weight is 310 g/mol. The highest BCUT2D eigenvalue weighted by molar-refractivity contribution is 7.89. The fourth-order valence-corrected chi connectivity index (χ4v) is 4.32. The van der Waals surface area contributed by atoms with Crippen molar-refractivity contribution in [1.82, 2.24) is 9.62 Å². The van der Waals surface area contributed by atoms with Crippen LogP contribution in [-0.2, 0) is 10.0 Å². The summed E-state index contributed by atoms with van der Waals surface area (Å²) in [6.07, 6.45) is 1.97. The van der Waals surface area contributed by atoms with Gasteiger partial charge in [-0.3, -0.25) is 0 Å². The quantitative estimate of drug-likeness (QED) is 0.842. The Morgan fingerprint density at radius 1 is 1.29 bits per heavy atom. The lowest BCUT2D eigenvalue weighted by atomic mass is 10.1. The number of rotatable bonds is 7. The summed E-state index contributed by atoms with van der Waals surface area (Å²) in [7, 11) is -1.52. The van der Waals surface area contributed by atoms with Crippen LogP contribution in [0.1, 0.15) is 45.2 Å². The molecule has 0 spiro atoms. The van der Waals surface area contributed by atoms with E-state index in [4.69, 9.17) is 0 Å². The van der Waals surface area contributed by atoms with E-state index in [2.05, 4.69) is 19.2 Å². The molecule has 1 fully saturated rings. The molecule has 2 rings (SSSR count). The molecule has 0 aromatic heterocycles. The van der Waals surface area contributed by atoms with E-state index in [1.807, 2.05) is 26.1 Å². The lowest BCUT2D eigenvalue weighted by Crippen LogP contribution is -2.36. The third-order valence-corrected chi connectivity index (χ3v) is 5.81. The predicted octanol–water partition coefficient (Wildman–Crippen LogP) is 2.78. The third-order valence-electron chi connectivity index (χ3n) is 3.90. The first-order valence-corrected chi connectivity index (χ1v) is 9.09. The van der Waals surface area contributed by atoms with E-state index in [0.29, 0.717) is 17.4 Å². The van der Waals surface area contributed by atoms with Gasteiger partial charge in [-0.15, -0.1) is 0 Å². The molecule has 0 heterocycles. The first-order valence-electron chi connectivity index (χ1n) is 7.65. The highest BCUT2D eigenvalue weighted by atomic mass is 32.2. The number of nitrogens with zero attached hydrogens (tertiary/aromatic N) is 1. The molecule has 4 nitrogen and oxygen atoms in total. The van der Waals surface area contributed by atoms with E-state index in [1.165, 1.54) is 0 Å². The van der Waals surface area contributed by atoms with Crippen molar-refractivity contribution in [2.75, 3.05) is 13.6 Å². The van der Waals surface area contributed by atoms with Gasteiger partial charge in [0.2, 0.25) is 10.0 Å². The Hall–Kier alpha value is -0.910. The molecule has 1 N–H and O–H groups in total. The Balaban J connectivity index is 2.33. The maximum absolute atomic E-state index is 12.9. The molecular formula is C16H26N2O2S. The van der Waals surface area contributed by atoms with Gasteiger partial charge in [-0.05, 0) is 50.4 Å². The monoisotopic (exact) mass is 310 g/mol. The van der Waals surface area contributed by atoms with Crippen LogP contribution in [0.15, 0.2) is 29.2 Å². The molecule has 1 aromatic carbocycles. The Labute approximate surface area is 128 Å². The minimum absolute atomic E-state index is 0.139. The lowest BCUT2D eigenvalue weighted by Gasteiger charge is -2.24. The molecule has 1 aliphatic rings. The number of benzene rings is 1. The Morgan fingerprint density at radius 2 is 1.95 bits per heavy atom. The van der Waals surface area contributed by atoms with E-state index in [9.17, 15) is 8.42 Å². The van der Waals surface area contributed by atoms with Gasteiger partial charge in [0.25, 0.3) is 0 Å². The van der Waals surface area contributed by atoms with Gasteiger partial charge in [0.1, 0.15) is 0 Å². The van der Waals surface area contributed by atoms with Crippen LogP contribution in [0, 0.1) is 5.92 Å². The molecule has 1 aromatic rings. The summed E-state index contributed by atoms with van der Waals surface area (Å²) in [6.45, 7) is 6.74. The van der Waals surface area contributed by atoms with Crippen molar-refractivity contribution in [3.63, 3.8) is 0 Å². The van der Waals surface area contributed by atoms with Gasteiger partial charge in [-0.2, -0.15) is 4.31 Å². The molecule has 0 amide bonds. The van der Waals surface area contributed by atoms with E-state index >= 15 is 0 Å². The van der Waals surface area contributed by atoms with Crippen LogP contribution in [0.3, 0.4) is 0 Å². The second-order valence-electron chi connectivity index (χ2n) is 6.28. The second-order valence-corrected chi connectivity index (χ2v) is 8.17. The molecule has 1 aliphatic carbocycles. The van der Waals surface area contributed by atoms with Crippen molar-refractivity contribution in [3.8, 4) is 0 Å². The van der Waals surface area contributed by atoms with E-state index in [0.717, 1.165) is 18.4 Å². The number of hydrogen-bond acceptors (Lipinski definition) is 3. The molecule has 0 bridgehead atoms. The smallest absolute Gasteiger partial charge is 0.243 e. The first-order chi connectivity index (χ1) is 9.86. The molecule has 1 unspecified atom stereocenters. The van der Waals surface area contributed by atoms with Crippen LogP contribution < -0.4 is 5.32 Å². The molecule has 1 saturated carbocycles. The normalized spacial score (nSPS) is 17.4. The standard InChI is InChI=1S/C16H26N2O2S/c1-12(2)11-18(15-8-9-15)21(19,20)16-7-5-6-14(10-16)13(3)17-4/h5-7,10,12-13,15,17H,8-9,11H2,1-4H3. The Morgan fingerprint density at radius 3 is 2.48 bits per heavy atom. The summed E-state index contributed by atoms with van der Waals surface area (Å²) in [5.74, 6) is 0.333. The molecule has 118 valence electrons. The van der Waals surface area contributed by atoms with Crippen LogP contribution >= 0.6 is 0 Å². The average Bonchev–Trinajstić information content (AvgIpc) is 3.28. The van der Waals surface area contributed by atoms with Gasteiger partial charge >= 0.3 is 0 Å². The molecule has 21 heavy (non-hydrogen) atoms. The zero-order valence-electron chi connectivity index (χ0n) is 13.3. The SMILES string of the molecule is CNC(C)c1cccc(S(=O)(=O)N(CC(C)C)C2CC2)c1. The molecule has 0 saturated heterocycles. The fraction of sp³-hybridized carbons (Fsp3) is 0.625. The summed E-state index contributed by atoms with van der Waals surface area (Å²) in [5.41, 5.74) is 0.999. The number of hydrogen-bond donors (Lipinski definition) is 1. The molecular weight excluding hydrogens is 284 g/mol. The summed E-state index contributed by atoms with van der Waals surface area (Å²) in [5, 5.41) is 3.15. The van der Waals surface area contributed by atoms with Crippen LogP contribution in [-0.4, -0.2) is 32.4 Å². The van der Waals surface area contributed by atoms with E-state index < -0.39 is 10.0 Å². The van der Waals surface area contributed by atoms with E-state index in [-0.39, 0.29) is 12.1 Å². The van der Waals surface area contributed by atoms with Crippen LogP contribution in [0.5, 0.6) is 0 Å². The van der Waals surface area contributed by atoms with Gasteiger partial charge in [-0.25, -0.2) is 8.42 Å². The molecule has 0 radical (unpaired) electrons. The number of sulfonamides is 1. The molecule has 1 atom stereocenters. The second kappa shape index (κ2) is 6.46. The molecule has 0 aliphatic heterocycles. The maximum Gasteiger partial charge on any atom is 0.243 e. The minimum Gasteiger partial charge on any atom is -0.313 e. The van der Waals surface area contributed by atoms with Crippen molar-refractivity contribution in [1.29, 1.82) is 0 Å². The van der Waals surface area contributed by atoms with Gasteiger partial charge < -0.3 is 5.32 Å². The first kappa shape index (κ1) is 16.5. The summed E-state index contributed by atoms with van der Waals surface area (Å²) in [4.78, 5) is 0.412. The fourth-order valence-electron chi connectivity index (χ4n) is 2.41.